The number of rotatable bonds is 7. The van der Waals surface area contributed by atoms with Crippen LogP contribution in [0.25, 0.3) is 0 Å². The lowest BCUT2D eigenvalue weighted by molar-refractivity contribution is 0.0298. The van der Waals surface area contributed by atoms with E-state index in [1.54, 1.807) is 6.92 Å². The summed E-state index contributed by atoms with van der Waals surface area (Å²) >= 11 is 0. The quantitative estimate of drug-likeness (QED) is 0.756. The molecule has 0 aliphatic heterocycles. The number of furan rings is 1. The average Bonchev–Trinajstić information content (AvgIpc) is 2.97. The summed E-state index contributed by atoms with van der Waals surface area (Å²) in [6, 6.07) is 1.28. The number of ether oxygens (including phenoxy) is 1. The maximum absolute atomic E-state index is 11.9. The van der Waals surface area contributed by atoms with Crippen molar-refractivity contribution in [3.8, 4) is 0 Å². The fraction of sp³-hybridized carbons (Fsp3) is 0.625. The Labute approximate surface area is 129 Å². The van der Waals surface area contributed by atoms with Gasteiger partial charge in [0.05, 0.1) is 12.7 Å². The number of hydrogen-bond donors (Lipinski definition) is 2. The first-order chi connectivity index (χ1) is 10.6. The molecule has 2 rings (SSSR count). The minimum absolute atomic E-state index is 0.0342. The SMILES string of the molecule is CCc1oc(C(=O)NCCOC2CCCCC2)cc1C(=O)O. The van der Waals surface area contributed by atoms with Gasteiger partial charge in [0.2, 0.25) is 0 Å². The first-order valence-corrected chi connectivity index (χ1v) is 7.87. The van der Waals surface area contributed by atoms with Crippen molar-refractivity contribution in [3.05, 3.63) is 23.2 Å². The van der Waals surface area contributed by atoms with Crippen molar-refractivity contribution in [3.63, 3.8) is 0 Å². The Hall–Kier alpha value is -1.82. The van der Waals surface area contributed by atoms with E-state index in [0.29, 0.717) is 31.4 Å². The van der Waals surface area contributed by atoms with Crippen molar-refractivity contribution in [1.29, 1.82) is 0 Å². The first-order valence-electron chi connectivity index (χ1n) is 7.87. The van der Waals surface area contributed by atoms with Gasteiger partial charge in [0.1, 0.15) is 11.3 Å². The third-order valence-electron chi connectivity index (χ3n) is 3.88. The second-order valence-electron chi connectivity index (χ2n) is 5.49. The molecule has 2 N–H and O–H groups in total. The van der Waals surface area contributed by atoms with Crippen LogP contribution in [0.3, 0.4) is 0 Å². The van der Waals surface area contributed by atoms with Crippen molar-refractivity contribution >= 4 is 11.9 Å². The molecule has 6 nitrogen and oxygen atoms in total. The van der Waals surface area contributed by atoms with Crippen LogP contribution in [0, 0.1) is 0 Å². The number of hydrogen-bond acceptors (Lipinski definition) is 4. The van der Waals surface area contributed by atoms with Gasteiger partial charge in [0, 0.05) is 19.0 Å². The summed E-state index contributed by atoms with van der Waals surface area (Å²) in [5.41, 5.74) is 0.0473. The van der Waals surface area contributed by atoms with Crippen LogP contribution in [0.4, 0.5) is 0 Å². The molecule has 0 unspecified atom stereocenters. The van der Waals surface area contributed by atoms with Crippen molar-refractivity contribution in [2.45, 2.75) is 51.6 Å². The van der Waals surface area contributed by atoms with Crippen LogP contribution in [0.15, 0.2) is 10.5 Å². The monoisotopic (exact) mass is 309 g/mol. The van der Waals surface area contributed by atoms with Gasteiger partial charge in [-0.2, -0.15) is 0 Å². The van der Waals surface area contributed by atoms with E-state index in [0.717, 1.165) is 12.8 Å². The molecule has 1 saturated carbocycles. The van der Waals surface area contributed by atoms with Gasteiger partial charge >= 0.3 is 5.97 Å². The number of carbonyl (C=O) groups excluding carboxylic acids is 1. The van der Waals surface area contributed by atoms with Gasteiger partial charge in [-0.15, -0.1) is 0 Å². The average molecular weight is 309 g/mol. The highest BCUT2D eigenvalue weighted by Crippen LogP contribution is 2.20. The summed E-state index contributed by atoms with van der Waals surface area (Å²) in [6.07, 6.45) is 6.62. The number of carbonyl (C=O) groups is 2. The van der Waals surface area contributed by atoms with Crippen molar-refractivity contribution in [1.82, 2.24) is 5.32 Å². The molecule has 0 saturated heterocycles. The molecule has 6 heteroatoms. The smallest absolute Gasteiger partial charge is 0.339 e. The lowest BCUT2D eigenvalue weighted by Gasteiger charge is -2.21. The number of amides is 1. The molecule has 1 aliphatic rings. The maximum Gasteiger partial charge on any atom is 0.339 e. The predicted octanol–water partition coefficient (Wildman–Crippen LogP) is 2.62. The number of carboxylic acids is 1. The summed E-state index contributed by atoms with van der Waals surface area (Å²) in [6.45, 7) is 2.63. The second kappa shape index (κ2) is 7.98. The maximum atomic E-state index is 11.9. The molecule has 0 atom stereocenters. The first kappa shape index (κ1) is 16.5. The van der Waals surface area contributed by atoms with E-state index in [4.69, 9.17) is 14.3 Å². The Morgan fingerprint density at radius 2 is 2.09 bits per heavy atom. The van der Waals surface area contributed by atoms with Gasteiger partial charge in [0.25, 0.3) is 5.91 Å². The van der Waals surface area contributed by atoms with Crippen molar-refractivity contribution < 1.29 is 23.8 Å². The van der Waals surface area contributed by atoms with Crippen LogP contribution < -0.4 is 5.32 Å². The Bertz CT molecular complexity index is 517. The van der Waals surface area contributed by atoms with Crippen LogP contribution in [-0.2, 0) is 11.2 Å². The zero-order chi connectivity index (χ0) is 15.9. The predicted molar refractivity (Wildman–Crippen MR) is 80.2 cm³/mol. The molecule has 22 heavy (non-hydrogen) atoms. The lowest BCUT2D eigenvalue weighted by Crippen LogP contribution is -2.29. The van der Waals surface area contributed by atoms with Gasteiger partial charge < -0.3 is 19.6 Å². The highest BCUT2D eigenvalue weighted by atomic mass is 16.5. The zero-order valence-electron chi connectivity index (χ0n) is 12.9. The van der Waals surface area contributed by atoms with Crippen molar-refractivity contribution in [2.75, 3.05) is 13.2 Å². The Balaban J connectivity index is 1.78. The molecule has 1 aromatic heterocycles. The van der Waals surface area contributed by atoms with Crippen molar-refractivity contribution in [2.24, 2.45) is 0 Å². The molecule has 1 aliphatic carbocycles. The fourth-order valence-corrected chi connectivity index (χ4v) is 2.69. The topological polar surface area (TPSA) is 88.8 Å². The molecule has 0 bridgehead atoms. The van der Waals surface area contributed by atoms with Gasteiger partial charge in [0.15, 0.2) is 5.76 Å². The van der Waals surface area contributed by atoms with Gasteiger partial charge in [-0.1, -0.05) is 26.2 Å². The Kier molecular flexibility index (Phi) is 6.00. The second-order valence-corrected chi connectivity index (χ2v) is 5.49. The van der Waals surface area contributed by atoms with Crippen LogP contribution in [-0.4, -0.2) is 36.2 Å². The molecule has 1 fully saturated rings. The van der Waals surface area contributed by atoms with E-state index in [1.807, 2.05) is 0 Å². The largest absolute Gasteiger partial charge is 0.478 e. The van der Waals surface area contributed by atoms with E-state index in [9.17, 15) is 9.59 Å². The van der Waals surface area contributed by atoms with E-state index in [-0.39, 0.29) is 11.3 Å². The number of nitrogens with one attached hydrogen (secondary N) is 1. The molecule has 0 aromatic carbocycles. The molecular formula is C16H23NO5. The summed E-state index contributed by atoms with van der Waals surface area (Å²) in [7, 11) is 0. The zero-order valence-corrected chi connectivity index (χ0v) is 12.9. The minimum atomic E-state index is -1.08. The van der Waals surface area contributed by atoms with E-state index in [1.165, 1.54) is 25.3 Å². The third kappa shape index (κ3) is 4.34. The summed E-state index contributed by atoms with van der Waals surface area (Å²) in [4.78, 5) is 23.0. The van der Waals surface area contributed by atoms with E-state index < -0.39 is 11.9 Å². The van der Waals surface area contributed by atoms with Gasteiger partial charge in [-0.3, -0.25) is 4.79 Å². The number of aromatic carboxylic acids is 1. The highest BCUT2D eigenvalue weighted by molar-refractivity contribution is 5.96. The highest BCUT2D eigenvalue weighted by Gasteiger charge is 2.20. The standard InChI is InChI=1S/C16H23NO5/c1-2-13-12(16(19)20)10-14(22-13)15(18)17-8-9-21-11-6-4-3-5-7-11/h10-11H,2-9H2,1H3,(H,17,18)(H,19,20). The molecule has 1 aromatic rings. The van der Waals surface area contributed by atoms with Crippen LogP contribution in [0.2, 0.25) is 0 Å². The molecule has 0 spiro atoms. The summed E-state index contributed by atoms with van der Waals surface area (Å²) < 4.78 is 11.0. The summed E-state index contributed by atoms with van der Waals surface area (Å²) in [5, 5.41) is 11.7. The van der Waals surface area contributed by atoms with E-state index in [2.05, 4.69) is 5.32 Å². The molecule has 1 amide bonds. The summed E-state index contributed by atoms with van der Waals surface area (Å²) in [5.74, 6) is -1.14. The van der Waals surface area contributed by atoms with Gasteiger partial charge in [-0.25, -0.2) is 4.79 Å². The molecule has 122 valence electrons. The van der Waals surface area contributed by atoms with Crippen LogP contribution >= 0.6 is 0 Å². The Morgan fingerprint density at radius 1 is 1.36 bits per heavy atom. The lowest BCUT2D eigenvalue weighted by atomic mass is 9.98. The third-order valence-corrected chi connectivity index (χ3v) is 3.88. The molecular weight excluding hydrogens is 286 g/mol. The Morgan fingerprint density at radius 3 is 2.68 bits per heavy atom. The normalized spacial score (nSPS) is 15.7. The fourth-order valence-electron chi connectivity index (χ4n) is 2.69. The number of aryl methyl sites for hydroxylation is 1. The van der Waals surface area contributed by atoms with Crippen LogP contribution in [0.5, 0.6) is 0 Å². The van der Waals surface area contributed by atoms with E-state index >= 15 is 0 Å². The van der Waals surface area contributed by atoms with Crippen LogP contribution in [0.1, 0.15) is 65.7 Å². The minimum Gasteiger partial charge on any atom is -0.478 e. The molecule has 0 radical (unpaired) electrons. The molecule has 1 heterocycles. The van der Waals surface area contributed by atoms with Gasteiger partial charge in [-0.05, 0) is 12.8 Å². The number of carboxylic acid groups (broad SMARTS) is 1.